The van der Waals surface area contributed by atoms with Crippen molar-refractivity contribution in [3.05, 3.63) is 24.0 Å². The van der Waals surface area contributed by atoms with Crippen molar-refractivity contribution < 1.29 is 9.84 Å². The molecule has 1 atom stereocenters. The van der Waals surface area contributed by atoms with Crippen LogP contribution in [0.25, 0.3) is 0 Å². The molecular weight excluding hydrogens is 276 g/mol. The molecule has 1 aromatic rings. The zero-order valence-corrected chi connectivity index (χ0v) is 13.3. The summed E-state index contributed by atoms with van der Waals surface area (Å²) in [6.07, 6.45) is 12.1. The third-order valence-electron chi connectivity index (χ3n) is 5.13. The van der Waals surface area contributed by atoms with Gasteiger partial charge in [0.25, 0.3) is 0 Å². The Hall–Kier alpha value is -1.13. The SMILES string of the molecule is OCC1CCC(Cc2cncc(OC[C@@H]3CCCN3)c2)CC1. The molecular formula is C18H28N2O2. The van der Waals surface area contributed by atoms with Gasteiger partial charge in [-0.2, -0.15) is 0 Å². The fourth-order valence-corrected chi connectivity index (χ4v) is 3.70. The number of hydrogen-bond acceptors (Lipinski definition) is 4. The first kappa shape index (κ1) is 15.8. The number of aliphatic hydroxyl groups is 1. The second kappa shape index (κ2) is 7.93. The lowest BCUT2D eigenvalue weighted by atomic mass is 9.80. The number of rotatable bonds is 6. The largest absolute Gasteiger partial charge is 0.490 e. The van der Waals surface area contributed by atoms with E-state index in [0.717, 1.165) is 44.1 Å². The van der Waals surface area contributed by atoms with Crippen molar-refractivity contribution in [1.82, 2.24) is 10.3 Å². The Kier molecular flexibility index (Phi) is 5.68. The highest BCUT2D eigenvalue weighted by atomic mass is 16.5. The van der Waals surface area contributed by atoms with Crippen LogP contribution in [0.1, 0.15) is 44.1 Å². The quantitative estimate of drug-likeness (QED) is 0.848. The van der Waals surface area contributed by atoms with Crippen molar-refractivity contribution in [1.29, 1.82) is 0 Å². The van der Waals surface area contributed by atoms with Crippen LogP contribution in [0, 0.1) is 11.8 Å². The average Bonchev–Trinajstić information content (AvgIpc) is 3.08. The van der Waals surface area contributed by atoms with E-state index in [0.29, 0.717) is 18.6 Å². The zero-order valence-electron chi connectivity index (χ0n) is 13.3. The van der Waals surface area contributed by atoms with Crippen molar-refractivity contribution in [2.24, 2.45) is 11.8 Å². The second-order valence-corrected chi connectivity index (χ2v) is 6.91. The van der Waals surface area contributed by atoms with Crippen molar-refractivity contribution >= 4 is 0 Å². The minimum absolute atomic E-state index is 0.354. The molecule has 4 nitrogen and oxygen atoms in total. The Labute approximate surface area is 133 Å². The summed E-state index contributed by atoms with van der Waals surface area (Å²) in [4.78, 5) is 4.34. The average molecular weight is 304 g/mol. The molecule has 2 heterocycles. The van der Waals surface area contributed by atoms with Gasteiger partial charge in [-0.05, 0) is 75.0 Å². The standard InChI is InChI=1S/C18H28N2O2/c21-12-15-5-3-14(4-6-15)8-16-9-18(11-19-10-16)22-13-17-2-1-7-20-17/h9-11,14-15,17,20-21H,1-8,12-13H2/t14?,15?,17-/m0/s1. The lowest BCUT2D eigenvalue weighted by Crippen LogP contribution is -2.28. The van der Waals surface area contributed by atoms with E-state index in [1.165, 1.54) is 31.2 Å². The van der Waals surface area contributed by atoms with Gasteiger partial charge in [-0.25, -0.2) is 0 Å². The van der Waals surface area contributed by atoms with E-state index in [4.69, 9.17) is 4.74 Å². The van der Waals surface area contributed by atoms with E-state index in [1.54, 1.807) is 0 Å². The minimum atomic E-state index is 0.354. The molecule has 1 saturated heterocycles. The normalized spacial score (nSPS) is 28.7. The molecule has 4 heteroatoms. The molecule has 0 unspecified atom stereocenters. The molecule has 22 heavy (non-hydrogen) atoms. The molecule has 0 spiro atoms. The molecule has 1 aliphatic carbocycles. The van der Waals surface area contributed by atoms with Crippen LogP contribution >= 0.6 is 0 Å². The van der Waals surface area contributed by atoms with E-state index >= 15 is 0 Å². The van der Waals surface area contributed by atoms with Crippen LogP contribution in [0.15, 0.2) is 18.5 Å². The first-order valence-corrected chi connectivity index (χ1v) is 8.74. The minimum Gasteiger partial charge on any atom is -0.490 e. The molecule has 0 amide bonds. The number of aliphatic hydroxyl groups excluding tert-OH is 1. The maximum atomic E-state index is 9.22. The number of nitrogens with one attached hydrogen (secondary N) is 1. The summed E-state index contributed by atoms with van der Waals surface area (Å²) in [6, 6.07) is 2.65. The molecule has 1 aromatic heterocycles. The molecule has 1 aliphatic heterocycles. The summed E-state index contributed by atoms with van der Waals surface area (Å²) >= 11 is 0. The Morgan fingerprint density at radius 3 is 2.68 bits per heavy atom. The maximum Gasteiger partial charge on any atom is 0.137 e. The number of hydrogen-bond donors (Lipinski definition) is 2. The van der Waals surface area contributed by atoms with Crippen molar-refractivity contribution in [3.63, 3.8) is 0 Å². The highest BCUT2D eigenvalue weighted by Gasteiger charge is 2.21. The van der Waals surface area contributed by atoms with E-state index in [-0.39, 0.29) is 0 Å². The van der Waals surface area contributed by atoms with E-state index in [1.807, 2.05) is 12.4 Å². The number of pyridine rings is 1. The van der Waals surface area contributed by atoms with Gasteiger partial charge < -0.3 is 15.2 Å². The molecule has 2 fully saturated rings. The molecule has 0 bridgehead atoms. The fraction of sp³-hybridized carbons (Fsp3) is 0.722. The van der Waals surface area contributed by atoms with Gasteiger partial charge in [-0.3, -0.25) is 4.98 Å². The van der Waals surface area contributed by atoms with E-state index < -0.39 is 0 Å². The Morgan fingerprint density at radius 2 is 1.95 bits per heavy atom. The monoisotopic (exact) mass is 304 g/mol. The van der Waals surface area contributed by atoms with E-state index in [2.05, 4.69) is 16.4 Å². The number of nitrogens with zero attached hydrogens (tertiary/aromatic N) is 1. The summed E-state index contributed by atoms with van der Waals surface area (Å²) < 4.78 is 5.90. The highest BCUT2D eigenvalue weighted by molar-refractivity contribution is 5.24. The molecule has 2 N–H and O–H groups in total. The van der Waals surface area contributed by atoms with Crippen LogP contribution in [0.2, 0.25) is 0 Å². The smallest absolute Gasteiger partial charge is 0.137 e. The lowest BCUT2D eigenvalue weighted by molar-refractivity contribution is 0.167. The van der Waals surface area contributed by atoms with Gasteiger partial charge >= 0.3 is 0 Å². The lowest BCUT2D eigenvalue weighted by Gasteiger charge is -2.27. The summed E-state index contributed by atoms with van der Waals surface area (Å²) in [7, 11) is 0. The Morgan fingerprint density at radius 1 is 1.14 bits per heavy atom. The van der Waals surface area contributed by atoms with E-state index in [9.17, 15) is 5.11 Å². The van der Waals surface area contributed by atoms with Gasteiger partial charge in [0.2, 0.25) is 0 Å². The summed E-state index contributed by atoms with van der Waals surface area (Å²) in [5, 5.41) is 12.7. The highest BCUT2D eigenvalue weighted by Crippen LogP contribution is 2.31. The Bertz CT molecular complexity index is 452. The molecule has 2 aliphatic rings. The molecule has 0 aromatic carbocycles. The van der Waals surface area contributed by atoms with Crippen molar-refractivity contribution in [3.8, 4) is 5.75 Å². The topological polar surface area (TPSA) is 54.4 Å². The van der Waals surface area contributed by atoms with Gasteiger partial charge in [0, 0.05) is 18.8 Å². The molecule has 1 saturated carbocycles. The van der Waals surface area contributed by atoms with Gasteiger partial charge in [-0.1, -0.05) is 0 Å². The molecule has 0 radical (unpaired) electrons. The van der Waals surface area contributed by atoms with Crippen LogP contribution < -0.4 is 10.1 Å². The Balaban J connectivity index is 1.48. The molecule has 3 rings (SSSR count). The summed E-state index contributed by atoms with van der Waals surface area (Å²) in [5.41, 5.74) is 1.28. The van der Waals surface area contributed by atoms with Crippen LogP contribution in [-0.2, 0) is 6.42 Å². The van der Waals surface area contributed by atoms with Crippen LogP contribution in [0.4, 0.5) is 0 Å². The van der Waals surface area contributed by atoms with Gasteiger partial charge in [0.05, 0.1) is 6.20 Å². The van der Waals surface area contributed by atoms with Gasteiger partial charge in [-0.15, -0.1) is 0 Å². The molecule has 122 valence electrons. The van der Waals surface area contributed by atoms with Crippen LogP contribution in [-0.4, -0.2) is 35.9 Å². The van der Waals surface area contributed by atoms with Crippen LogP contribution in [0.5, 0.6) is 5.75 Å². The predicted molar refractivity (Wildman–Crippen MR) is 87.0 cm³/mol. The van der Waals surface area contributed by atoms with Crippen molar-refractivity contribution in [2.45, 2.75) is 51.0 Å². The fourth-order valence-electron chi connectivity index (χ4n) is 3.70. The number of aromatic nitrogens is 1. The summed E-state index contributed by atoms with van der Waals surface area (Å²) in [6.45, 7) is 2.21. The first-order valence-electron chi connectivity index (χ1n) is 8.74. The third-order valence-corrected chi connectivity index (χ3v) is 5.13. The number of ether oxygens (including phenoxy) is 1. The van der Waals surface area contributed by atoms with Crippen LogP contribution in [0.3, 0.4) is 0 Å². The maximum absolute atomic E-state index is 9.22. The predicted octanol–water partition coefficient (Wildman–Crippen LogP) is 2.55. The summed E-state index contributed by atoms with van der Waals surface area (Å²) in [5.74, 6) is 2.16. The van der Waals surface area contributed by atoms with Gasteiger partial charge in [0.1, 0.15) is 12.4 Å². The third kappa shape index (κ3) is 4.43. The van der Waals surface area contributed by atoms with Gasteiger partial charge in [0.15, 0.2) is 0 Å². The zero-order chi connectivity index (χ0) is 15.2. The first-order chi connectivity index (χ1) is 10.8. The second-order valence-electron chi connectivity index (χ2n) is 6.91. The van der Waals surface area contributed by atoms with Crippen molar-refractivity contribution in [2.75, 3.05) is 19.8 Å².